The largest absolute Gasteiger partial charge is 0.474 e. The Morgan fingerprint density at radius 3 is 2.94 bits per heavy atom. The molecule has 1 aliphatic rings. The third-order valence-electron chi connectivity index (χ3n) is 3.38. The lowest BCUT2D eigenvalue weighted by molar-refractivity contribution is 0.346. The van der Waals surface area contributed by atoms with Gasteiger partial charge < -0.3 is 9.30 Å². The first-order valence-electron chi connectivity index (χ1n) is 6.18. The third kappa shape index (κ3) is 1.52. The predicted molar refractivity (Wildman–Crippen MR) is 69.7 cm³/mol. The monoisotopic (exact) mass is 246 g/mol. The van der Waals surface area contributed by atoms with Gasteiger partial charge in [-0.25, -0.2) is 9.38 Å². The third-order valence-corrected chi connectivity index (χ3v) is 3.38. The van der Waals surface area contributed by atoms with Gasteiger partial charge in [-0.15, -0.1) is 0 Å². The van der Waals surface area contributed by atoms with E-state index in [0.717, 1.165) is 28.7 Å². The molecule has 1 aliphatic heterocycles. The molecule has 1 aromatic heterocycles. The fourth-order valence-electron chi connectivity index (χ4n) is 2.58. The van der Waals surface area contributed by atoms with Crippen molar-refractivity contribution >= 4 is 16.8 Å². The van der Waals surface area contributed by atoms with Gasteiger partial charge in [0.1, 0.15) is 18.1 Å². The molecule has 0 N–H and O–H groups in total. The highest BCUT2D eigenvalue weighted by Gasteiger charge is 2.21. The van der Waals surface area contributed by atoms with Crippen LogP contribution in [0.2, 0.25) is 0 Å². The first-order valence-corrected chi connectivity index (χ1v) is 6.18. The molecule has 2 heterocycles. The lowest BCUT2D eigenvalue weighted by Crippen LogP contribution is -2.10. The summed E-state index contributed by atoms with van der Waals surface area (Å²) in [6.45, 7) is 6.21. The van der Waals surface area contributed by atoms with E-state index in [1.807, 2.05) is 13.0 Å². The van der Waals surface area contributed by atoms with Gasteiger partial charge in [-0.2, -0.15) is 0 Å². The summed E-state index contributed by atoms with van der Waals surface area (Å²) in [6.07, 6.45) is 0. The smallest absolute Gasteiger partial charge is 0.233 e. The molecule has 0 bridgehead atoms. The maximum atomic E-state index is 13.4. The van der Waals surface area contributed by atoms with Gasteiger partial charge in [-0.1, -0.05) is 0 Å². The molecule has 0 unspecified atom stereocenters. The molecule has 0 fully saturated rings. The predicted octanol–water partition coefficient (Wildman–Crippen LogP) is 2.89. The van der Waals surface area contributed by atoms with Crippen LogP contribution in [-0.2, 0) is 11.3 Å². The van der Waals surface area contributed by atoms with Crippen LogP contribution in [0, 0.1) is 12.7 Å². The molecule has 0 atom stereocenters. The van der Waals surface area contributed by atoms with E-state index in [1.165, 1.54) is 6.07 Å². The fraction of sp³-hybridized carbons (Fsp3) is 0.357. The second kappa shape index (κ2) is 4.12. The van der Waals surface area contributed by atoms with Gasteiger partial charge in [-0.3, -0.25) is 0 Å². The molecule has 0 aliphatic carbocycles. The second-order valence-electron chi connectivity index (χ2n) is 4.41. The maximum Gasteiger partial charge on any atom is 0.233 e. The number of hydrogen-bond donors (Lipinski definition) is 0. The molecular formula is C14H15FN2O. The Kier molecular flexibility index (Phi) is 2.58. The van der Waals surface area contributed by atoms with Gasteiger partial charge in [0.05, 0.1) is 6.54 Å². The Morgan fingerprint density at radius 2 is 2.28 bits per heavy atom. The van der Waals surface area contributed by atoms with Crippen LogP contribution in [0.5, 0.6) is 0 Å². The number of aliphatic imine (C=N–C) groups is 1. The van der Waals surface area contributed by atoms with Crippen LogP contribution < -0.4 is 0 Å². The highest BCUT2D eigenvalue weighted by Crippen LogP contribution is 2.28. The van der Waals surface area contributed by atoms with Crippen molar-refractivity contribution in [2.75, 3.05) is 13.2 Å². The number of ether oxygens (including phenoxy) is 1. The highest BCUT2D eigenvalue weighted by atomic mass is 19.1. The van der Waals surface area contributed by atoms with E-state index in [4.69, 9.17) is 4.74 Å². The van der Waals surface area contributed by atoms with E-state index in [0.29, 0.717) is 19.0 Å². The van der Waals surface area contributed by atoms with Crippen molar-refractivity contribution in [3.05, 3.63) is 35.3 Å². The zero-order valence-corrected chi connectivity index (χ0v) is 10.5. The van der Waals surface area contributed by atoms with Crippen LogP contribution in [0.15, 0.2) is 23.2 Å². The Hall–Kier alpha value is -1.84. The van der Waals surface area contributed by atoms with Crippen LogP contribution in [0.3, 0.4) is 0 Å². The summed E-state index contributed by atoms with van der Waals surface area (Å²) in [5, 5.41) is 0.935. The van der Waals surface area contributed by atoms with Gasteiger partial charge in [0.2, 0.25) is 5.90 Å². The van der Waals surface area contributed by atoms with E-state index in [-0.39, 0.29) is 5.82 Å². The number of halogens is 1. The second-order valence-corrected chi connectivity index (χ2v) is 4.41. The van der Waals surface area contributed by atoms with Gasteiger partial charge in [0.15, 0.2) is 0 Å². The Labute approximate surface area is 105 Å². The summed E-state index contributed by atoms with van der Waals surface area (Å²) < 4.78 is 21.1. The lowest BCUT2D eigenvalue weighted by Gasteiger charge is -2.08. The lowest BCUT2D eigenvalue weighted by atomic mass is 10.1. The molecule has 0 amide bonds. The van der Waals surface area contributed by atoms with Crippen LogP contribution in [0.25, 0.3) is 10.9 Å². The van der Waals surface area contributed by atoms with Gasteiger partial charge >= 0.3 is 0 Å². The average molecular weight is 246 g/mol. The molecule has 4 heteroatoms. The van der Waals surface area contributed by atoms with Crippen molar-refractivity contribution in [2.24, 2.45) is 4.99 Å². The first kappa shape index (κ1) is 11.3. The van der Waals surface area contributed by atoms with Crippen molar-refractivity contribution < 1.29 is 9.13 Å². The van der Waals surface area contributed by atoms with Crippen molar-refractivity contribution in [2.45, 2.75) is 20.4 Å². The summed E-state index contributed by atoms with van der Waals surface area (Å²) in [6, 6.07) is 4.89. The van der Waals surface area contributed by atoms with E-state index in [2.05, 4.69) is 16.5 Å². The molecule has 3 rings (SSSR count). The minimum Gasteiger partial charge on any atom is -0.474 e. The van der Waals surface area contributed by atoms with E-state index in [9.17, 15) is 4.39 Å². The number of aryl methyl sites for hydroxylation is 2. The summed E-state index contributed by atoms with van der Waals surface area (Å²) >= 11 is 0. The Balaban J connectivity index is 2.33. The Bertz CT molecular complexity index is 643. The molecule has 2 aromatic rings. The topological polar surface area (TPSA) is 26.5 Å². The molecule has 0 spiro atoms. The molecule has 18 heavy (non-hydrogen) atoms. The number of benzene rings is 1. The van der Waals surface area contributed by atoms with Gasteiger partial charge in [0.25, 0.3) is 0 Å². The standard InChI is InChI=1S/C14H15FN2O/c1-3-17-12-5-4-10(15)8-11(12)9(2)13(17)14-16-6-7-18-14/h4-5,8H,3,6-7H2,1-2H3. The van der Waals surface area contributed by atoms with Crippen molar-refractivity contribution in [1.82, 2.24) is 4.57 Å². The number of aromatic nitrogens is 1. The number of fused-ring (bicyclic) bond motifs is 1. The number of hydrogen-bond acceptors (Lipinski definition) is 2. The number of rotatable bonds is 2. The minimum absolute atomic E-state index is 0.209. The van der Waals surface area contributed by atoms with Gasteiger partial charge in [-0.05, 0) is 37.6 Å². The van der Waals surface area contributed by atoms with Crippen LogP contribution in [0.4, 0.5) is 4.39 Å². The summed E-state index contributed by atoms with van der Waals surface area (Å²) in [7, 11) is 0. The SMILES string of the molecule is CCn1c(C2=NCCO2)c(C)c2cc(F)ccc21. The zero-order valence-electron chi connectivity index (χ0n) is 10.5. The van der Waals surface area contributed by atoms with Crippen LogP contribution in [-0.4, -0.2) is 23.6 Å². The van der Waals surface area contributed by atoms with E-state index < -0.39 is 0 Å². The zero-order chi connectivity index (χ0) is 12.7. The maximum absolute atomic E-state index is 13.4. The quantitative estimate of drug-likeness (QED) is 0.800. The average Bonchev–Trinajstić information content (AvgIpc) is 2.96. The summed E-state index contributed by atoms with van der Waals surface area (Å²) in [4.78, 5) is 4.37. The van der Waals surface area contributed by atoms with Crippen LogP contribution in [0.1, 0.15) is 18.2 Å². The summed E-state index contributed by atoms with van der Waals surface area (Å²) in [5.41, 5.74) is 3.05. The van der Waals surface area contributed by atoms with Crippen LogP contribution >= 0.6 is 0 Å². The fourth-order valence-corrected chi connectivity index (χ4v) is 2.58. The highest BCUT2D eigenvalue weighted by molar-refractivity contribution is 6.02. The summed E-state index contributed by atoms with van der Waals surface area (Å²) in [5.74, 6) is 0.477. The minimum atomic E-state index is -0.209. The van der Waals surface area contributed by atoms with E-state index >= 15 is 0 Å². The molecule has 3 nitrogen and oxygen atoms in total. The first-order chi connectivity index (χ1) is 8.72. The molecule has 0 saturated carbocycles. The molecule has 94 valence electrons. The van der Waals surface area contributed by atoms with Gasteiger partial charge in [0, 0.05) is 17.4 Å². The molecular weight excluding hydrogens is 231 g/mol. The van der Waals surface area contributed by atoms with Crippen molar-refractivity contribution in [3.63, 3.8) is 0 Å². The molecule has 1 aromatic carbocycles. The van der Waals surface area contributed by atoms with Crippen molar-refractivity contribution in [3.8, 4) is 0 Å². The normalized spacial score (nSPS) is 14.9. The molecule has 0 radical (unpaired) electrons. The van der Waals surface area contributed by atoms with Crippen molar-refractivity contribution in [1.29, 1.82) is 0 Å². The Morgan fingerprint density at radius 1 is 1.44 bits per heavy atom. The number of nitrogens with zero attached hydrogens (tertiary/aromatic N) is 2. The van der Waals surface area contributed by atoms with E-state index in [1.54, 1.807) is 6.07 Å². The molecule has 0 saturated heterocycles.